The van der Waals surface area contributed by atoms with E-state index in [9.17, 15) is 4.79 Å². The molecule has 24 heavy (non-hydrogen) atoms. The summed E-state index contributed by atoms with van der Waals surface area (Å²) in [4.78, 5) is 14.4. The van der Waals surface area contributed by atoms with Crippen LogP contribution in [0.2, 0.25) is 0 Å². The third-order valence-corrected chi connectivity index (χ3v) is 4.22. The second-order valence-corrected chi connectivity index (χ2v) is 6.00. The Balaban J connectivity index is 1.47. The molecule has 128 valence electrons. The molecule has 1 aliphatic rings. The molecule has 1 fully saturated rings. The Morgan fingerprint density at radius 3 is 2.88 bits per heavy atom. The molecule has 1 aromatic heterocycles. The summed E-state index contributed by atoms with van der Waals surface area (Å²) < 4.78 is 10.6. The first-order chi connectivity index (χ1) is 11.7. The lowest BCUT2D eigenvalue weighted by Crippen LogP contribution is -2.35. The second kappa shape index (κ2) is 8.08. The average molecular weight is 329 g/mol. The van der Waals surface area contributed by atoms with E-state index in [-0.39, 0.29) is 5.91 Å². The van der Waals surface area contributed by atoms with Crippen molar-refractivity contribution in [3.63, 3.8) is 0 Å². The molecule has 0 atom stereocenters. The first kappa shape index (κ1) is 16.7. The number of benzene rings is 1. The molecule has 0 radical (unpaired) electrons. The van der Waals surface area contributed by atoms with E-state index in [0.717, 1.165) is 32.7 Å². The van der Waals surface area contributed by atoms with E-state index in [2.05, 4.69) is 34.4 Å². The molecule has 0 unspecified atom stereocenters. The molecule has 1 saturated heterocycles. The van der Waals surface area contributed by atoms with Gasteiger partial charge < -0.3 is 14.6 Å². The van der Waals surface area contributed by atoms with Crippen molar-refractivity contribution < 1.29 is 14.1 Å². The number of rotatable bonds is 6. The highest BCUT2D eigenvalue weighted by Crippen LogP contribution is 2.10. The average Bonchev–Trinajstić information content (AvgIpc) is 3.06. The molecular formula is C18H23N3O3. The van der Waals surface area contributed by atoms with Gasteiger partial charge in [-0.15, -0.1) is 0 Å². The van der Waals surface area contributed by atoms with Gasteiger partial charge in [-0.2, -0.15) is 0 Å². The van der Waals surface area contributed by atoms with Crippen LogP contribution in [0.1, 0.15) is 27.4 Å². The van der Waals surface area contributed by atoms with Crippen LogP contribution in [0, 0.1) is 6.92 Å². The van der Waals surface area contributed by atoms with Crippen molar-refractivity contribution in [2.24, 2.45) is 0 Å². The molecule has 1 amide bonds. The Labute approximate surface area is 141 Å². The van der Waals surface area contributed by atoms with Crippen molar-refractivity contribution in [1.82, 2.24) is 15.4 Å². The summed E-state index contributed by atoms with van der Waals surface area (Å²) in [7, 11) is 0. The predicted molar refractivity (Wildman–Crippen MR) is 89.8 cm³/mol. The zero-order valence-electron chi connectivity index (χ0n) is 14.0. The quantitative estimate of drug-likeness (QED) is 0.875. The Kier molecular flexibility index (Phi) is 5.61. The number of hydrogen-bond acceptors (Lipinski definition) is 5. The van der Waals surface area contributed by atoms with E-state index in [4.69, 9.17) is 9.26 Å². The number of nitrogens with one attached hydrogen (secondary N) is 1. The minimum absolute atomic E-state index is 0.194. The topological polar surface area (TPSA) is 67.6 Å². The minimum atomic E-state index is -0.194. The molecule has 1 aromatic carbocycles. The van der Waals surface area contributed by atoms with Crippen molar-refractivity contribution in [2.45, 2.75) is 19.9 Å². The van der Waals surface area contributed by atoms with Gasteiger partial charge in [-0.3, -0.25) is 9.69 Å². The highest BCUT2D eigenvalue weighted by atomic mass is 16.5. The Morgan fingerprint density at radius 1 is 1.29 bits per heavy atom. The van der Waals surface area contributed by atoms with Crippen molar-refractivity contribution in [3.8, 4) is 0 Å². The minimum Gasteiger partial charge on any atom is -0.379 e. The van der Waals surface area contributed by atoms with Gasteiger partial charge >= 0.3 is 0 Å². The zero-order valence-corrected chi connectivity index (χ0v) is 14.0. The van der Waals surface area contributed by atoms with E-state index in [1.54, 1.807) is 6.07 Å². The number of morpholine rings is 1. The van der Waals surface area contributed by atoms with Crippen LogP contribution in [0.5, 0.6) is 0 Å². The van der Waals surface area contributed by atoms with Crippen LogP contribution < -0.4 is 5.32 Å². The van der Waals surface area contributed by atoms with Crippen LogP contribution in [0.25, 0.3) is 0 Å². The fourth-order valence-corrected chi connectivity index (χ4v) is 2.77. The number of carbonyl (C=O) groups excluding carboxylic acids is 1. The molecule has 1 N–H and O–H groups in total. The third kappa shape index (κ3) is 4.43. The van der Waals surface area contributed by atoms with Gasteiger partial charge in [0.15, 0.2) is 11.5 Å². The van der Waals surface area contributed by atoms with E-state index < -0.39 is 0 Å². The first-order valence-electron chi connectivity index (χ1n) is 8.31. The number of aryl methyl sites for hydroxylation is 1. The van der Waals surface area contributed by atoms with E-state index in [0.29, 0.717) is 24.5 Å². The Morgan fingerprint density at radius 2 is 2.08 bits per heavy atom. The van der Waals surface area contributed by atoms with E-state index in [1.165, 1.54) is 11.1 Å². The maximum atomic E-state index is 12.2. The summed E-state index contributed by atoms with van der Waals surface area (Å²) in [5.74, 6) is 0.515. The highest BCUT2D eigenvalue weighted by molar-refractivity contribution is 5.92. The Hall–Kier alpha value is -2.18. The molecule has 2 aromatic rings. The lowest BCUT2D eigenvalue weighted by atomic mass is 10.1. The maximum absolute atomic E-state index is 12.2. The van der Waals surface area contributed by atoms with Gasteiger partial charge in [-0.05, 0) is 24.5 Å². The molecule has 2 heterocycles. The standard InChI is InChI=1S/C18H23N3O3/c1-14-4-2-3-5-15(14)6-7-19-18(22)17-12-16(24-20-17)13-21-8-10-23-11-9-21/h2-5,12H,6-11,13H2,1H3,(H,19,22). The van der Waals surface area contributed by atoms with Gasteiger partial charge in [0.1, 0.15) is 0 Å². The monoisotopic (exact) mass is 329 g/mol. The summed E-state index contributed by atoms with van der Waals surface area (Å²) in [5, 5.41) is 6.78. The second-order valence-electron chi connectivity index (χ2n) is 6.00. The number of ether oxygens (including phenoxy) is 1. The van der Waals surface area contributed by atoms with Crippen LogP contribution >= 0.6 is 0 Å². The number of aromatic nitrogens is 1. The van der Waals surface area contributed by atoms with Gasteiger partial charge in [0.25, 0.3) is 5.91 Å². The molecule has 6 nitrogen and oxygen atoms in total. The van der Waals surface area contributed by atoms with Crippen molar-refractivity contribution in [2.75, 3.05) is 32.8 Å². The third-order valence-electron chi connectivity index (χ3n) is 4.22. The zero-order chi connectivity index (χ0) is 16.8. The summed E-state index contributed by atoms with van der Waals surface area (Å²) in [6.45, 7) is 6.53. The lowest BCUT2D eigenvalue weighted by Gasteiger charge is -2.25. The highest BCUT2D eigenvalue weighted by Gasteiger charge is 2.16. The fourth-order valence-electron chi connectivity index (χ4n) is 2.77. The molecule has 0 aliphatic carbocycles. The van der Waals surface area contributed by atoms with Crippen molar-refractivity contribution in [3.05, 3.63) is 52.9 Å². The maximum Gasteiger partial charge on any atom is 0.273 e. The summed E-state index contributed by atoms with van der Waals surface area (Å²) in [6.07, 6.45) is 0.802. The smallest absolute Gasteiger partial charge is 0.273 e. The Bertz CT molecular complexity index is 678. The van der Waals surface area contributed by atoms with E-state index in [1.807, 2.05) is 12.1 Å². The lowest BCUT2D eigenvalue weighted by molar-refractivity contribution is 0.0305. The SMILES string of the molecule is Cc1ccccc1CCNC(=O)c1cc(CN2CCOCC2)on1. The largest absolute Gasteiger partial charge is 0.379 e. The number of nitrogens with zero attached hydrogens (tertiary/aromatic N) is 2. The molecule has 3 rings (SSSR count). The number of carbonyl (C=O) groups is 1. The van der Waals surface area contributed by atoms with Crippen LogP contribution in [-0.2, 0) is 17.7 Å². The molecule has 1 aliphatic heterocycles. The normalized spacial score (nSPS) is 15.4. The summed E-state index contributed by atoms with van der Waals surface area (Å²) in [5.41, 5.74) is 2.81. The van der Waals surface area contributed by atoms with Gasteiger partial charge in [-0.25, -0.2) is 0 Å². The predicted octanol–water partition coefficient (Wildman–Crippen LogP) is 1.79. The van der Waals surface area contributed by atoms with Gasteiger partial charge in [0.2, 0.25) is 0 Å². The van der Waals surface area contributed by atoms with Crippen molar-refractivity contribution >= 4 is 5.91 Å². The summed E-state index contributed by atoms with van der Waals surface area (Å²) in [6, 6.07) is 9.91. The van der Waals surface area contributed by atoms with Gasteiger partial charge in [0.05, 0.1) is 19.8 Å². The number of hydrogen-bond donors (Lipinski definition) is 1. The van der Waals surface area contributed by atoms with Crippen LogP contribution in [0.3, 0.4) is 0 Å². The van der Waals surface area contributed by atoms with Gasteiger partial charge in [0, 0.05) is 25.7 Å². The van der Waals surface area contributed by atoms with E-state index >= 15 is 0 Å². The first-order valence-corrected chi connectivity index (χ1v) is 8.31. The fraction of sp³-hybridized carbons (Fsp3) is 0.444. The number of amides is 1. The van der Waals surface area contributed by atoms with Gasteiger partial charge in [-0.1, -0.05) is 29.4 Å². The van der Waals surface area contributed by atoms with Crippen LogP contribution in [0.15, 0.2) is 34.9 Å². The van der Waals surface area contributed by atoms with Crippen molar-refractivity contribution in [1.29, 1.82) is 0 Å². The van der Waals surface area contributed by atoms with Crippen LogP contribution in [0.4, 0.5) is 0 Å². The molecular weight excluding hydrogens is 306 g/mol. The van der Waals surface area contributed by atoms with Crippen LogP contribution in [-0.4, -0.2) is 48.8 Å². The molecule has 0 saturated carbocycles. The summed E-state index contributed by atoms with van der Waals surface area (Å²) >= 11 is 0. The molecule has 0 spiro atoms. The molecule has 0 bridgehead atoms. The molecule has 6 heteroatoms.